The number of para-hydroxylation sites is 3. The van der Waals surface area contributed by atoms with Gasteiger partial charge in [0.05, 0.1) is 11.0 Å². The van der Waals surface area contributed by atoms with E-state index in [-0.39, 0.29) is 20.4 Å². The Hall–Kier alpha value is -5.61. The van der Waals surface area contributed by atoms with Crippen LogP contribution in [0, 0.1) is 18.8 Å². The first-order valence-corrected chi connectivity index (χ1v) is 15.1. The number of fused-ring (bicyclic) bond motifs is 5. The van der Waals surface area contributed by atoms with Gasteiger partial charge in [-0.3, -0.25) is 0 Å². The molecule has 0 radical (unpaired) electrons. The third kappa shape index (κ3) is 4.98. The largest absolute Gasteiger partial charge is 0.509 e. The SMILES string of the molecule is [Pd].[c-]1c(Oc2[c-]c3c(cc2)c2c(c4ccccc4n2-c2ccccc2)n3-c2ccccn2)cccc1N1C=CN(c2ccccc2)[CH-]1. The maximum absolute atomic E-state index is 6.43. The van der Waals surface area contributed by atoms with Crippen LogP contribution in [0.5, 0.6) is 11.5 Å². The van der Waals surface area contributed by atoms with E-state index in [0.29, 0.717) is 11.5 Å². The van der Waals surface area contributed by atoms with Crippen LogP contribution >= 0.6 is 0 Å². The van der Waals surface area contributed by atoms with Gasteiger partial charge >= 0.3 is 0 Å². The minimum Gasteiger partial charge on any atom is -0.509 e. The fourth-order valence-corrected chi connectivity index (χ4v) is 6.27. The van der Waals surface area contributed by atoms with Crippen molar-refractivity contribution in [2.24, 2.45) is 0 Å². The van der Waals surface area contributed by atoms with Gasteiger partial charge in [-0.1, -0.05) is 71.6 Å². The van der Waals surface area contributed by atoms with Gasteiger partial charge in [0, 0.05) is 60.4 Å². The van der Waals surface area contributed by atoms with Crippen molar-refractivity contribution in [1.29, 1.82) is 0 Å². The topological polar surface area (TPSA) is 38.5 Å². The molecular weight excluding hydrogens is 673 g/mol. The first-order valence-electron chi connectivity index (χ1n) is 15.1. The van der Waals surface area contributed by atoms with Crippen molar-refractivity contribution >= 4 is 44.2 Å². The van der Waals surface area contributed by atoms with E-state index in [9.17, 15) is 0 Å². The number of hydrogen-bond acceptors (Lipinski definition) is 4. The molecule has 0 bridgehead atoms. The summed E-state index contributed by atoms with van der Waals surface area (Å²) in [5.41, 5.74) is 7.27. The summed E-state index contributed by atoms with van der Waals surface area (Å²) >= 11 is 0. The molecule has 0 amide bonds. The molecule has 230 valence electrons. The summed E-state index contributed by atoms with van der Waals surface area (Å²) in [6.07, 6.45) is 5.87. The van der Waals surface area contributed by atoms with Gasteiger partial charge in [-0.25, -0.2) is 4.98 Å². The van der Waals surface area contributed by atoms with Crippen LogP contribution < -0.4 is 14.5 Å². The van der Waals surface area contributed by atoms with E-state index in [1.54, 1.807) is 0 Å². The number of nitrogens with zero attached hydrogens (tertiary/aromatic N) is 5. The van der Waals surface area contributed by atoms with E-state index in [2.05, 4.69) is 92.9 Å². The summed E-state index contributed by atoms with van der Waals surface area (Å²) in [4.78, 5) is 8.88. The van der Waals surface area contributed by atoms with Crippen molar-refractivity contribution in [3.8, 4) is 23.0 Å². The average Bonchev–Trinajstić information content (AvgIpc) is 3.83. The Morgan fingerprint density at radius 2 is 1.26 bits per heavy atom. The van der Waals surface area contributed by atoms with Gasteiger partial charge in [0.25, 0.3) is 0 Å². The minimum absolute atomic E-state index is 0. The molecule has 9 rings (SSSR count). The summed E-state index contributed by atoms with van der Waals surface area (Å²) in [5.74, 6) is 2.02. The number of hydrogen-bond donors (Lipinski definition) is 0. The molecule has 8 aromatic rings. The summed E-state index contributed by atoms with van der Waals surface area (Å²) in [6, 6.07) is 52.3. The predicted octanol–water partition coefficient (Wildman–Crippen LogP) is 9.43. The van der Waals surface area contributed by atoms with Crippen LogP contribution in [-0.4, -0.2) is 14.1 Å². The molecule has 0 saturated heterocycles. The number of rotatable bonds is 6. The molecule has 7 heteroatoms. The second-order valence-electron chi connectivity index (χ2n) is 11.1. The molecule has 0 saturated carbocycles. The predicted molar refractivity (Wildman–Crippen MR) is 184 cm³/mol. The van der Waals surface area contributed by atoms with E-state index in [0.717, 1.165) is 55.7 Å². The van der Waals surface area contributed by atoms with E-state index in [1.165, 1.54) is 0 Å². The normalized spacial score (nSPS) is 12.7. The Balaban J connectivity index is 0.00000324. The van der Waals surface area contributed by atoms with Gasteiger partial charge in [0.1, 0.15) is 5.82 Å². The molecule has 0 aliphatic carbocycles. The molecular formula is C40H26N5OPd-3. The minimum atomic E-state index is 0. The Morgan fingerprint density at radius 1 is 0.553 bits per heavy atom. The van der Waals surface area contributed by atoms with Crippen LogP contribution in [0.1, 0.15) is 0 Å². The van der Waals surface area contributed by atoms with E-state index < -0.39 is 0 Å². The van der Waals surface area contributed by atoms with E-state index in [4.69, 9.17) is 9.72 Å². The zero-order valence-corrected chi connectivity index (χ0v) is 26.5. The molecule has 1 aliphatic rings. The van der Waals surface area contributed by atoms with Crippen molar-refractivity contribution in [3.63, 3.8) is 0 Å². The van der Waals surface area contributed by atoms with Crippen molar-refractivity contribution in [2.75, 3.05) is 9.80 Å². The number of pyridine rings is 1. The molecule has 6 nitrogen and oxygen atoms in total. The molecule has 1 aliphatic heterocycles. The van der Waals surface area contributed by atoms with Crippen LogP contribution in [0.15, 0.2) is 152 Å². The molecule has 0 fully saturated rings. The monoisotopic (exact) mass is 698 g/mol. The quantitative estimate of drug-likeness (QED) is 0.128. The van der Waals surface area contributed by atoms with Crippen LogP contribution in [0.4, 0.5) is 11.4 Å². The second kappa shape index (κ2) is 12.0. The molecule has 47 heavy (non-hydrogen) atoms. The van der Waals surface area contributed by atoms with Crippen molar-refractivity contribution in [1.82, 2.24) is 14.1 Å². The standard InChI is InChI=1S/C40H26N5O.Pd/c1-3-12-29(13-4-1)42-24-25-43(28-42)31-16-11-17-32(26-31)46-33-21-22-35-37(27-33)45(38-20-9-10-23-41-38)40-34-18-7-8-19-36(34)44(39(35)40)30-14-5-2-6-15-30;/h1-25,28H;/q-3;. The number of ether oxygens (including phenoxy) is 1. The Morgan fingerprint density at radius 3 is 2.06 bits per heavy atom. The molecule has 0 spiro atoms. The van der Waals surface area contributed by atoms with E-state index in [1.807, 2.05) is 96.9 Å². The Labute approximate surface area is 286 Å². The summed E-state index contributed by atoms with van der Waals surface area (Å²) in [5, 5.41) is 2.20. The van der Waals surface area contributed by atoms with Crippen molar-refractivity contribution < 1.29 is 25.2 Å². The third-order valence-electron chi connectivity index (χ3n) is 8.28. The van der Waals surface area contributed by atoms with Gasteiger partial charge in [-0.05, 0) is 54.9 Å². The van der Waals surface area contributed by atoms with E-state index >= 15 is 0 Å². The number of anilines is 2. The van der Waals surface area contributed by atoms with Crippen LogP contribution in [-0.2, 0) is 20.4 Å². The maximum Gasteiger partial charge on any atom is 0.135 e. The maximum atomic E-state index is 6.43. The summed E-state index contributed by atoms with van der Waals surface area (Å²) in [7, 11) is 0. The fraction of sp³-hybridized carbons (Fsp3) is 0. The van der Waals surface area contributed by atoms with Gasteiger partial charge < -0.3 is 23.7 Å². The average molecular weight is 699 g/mol. The zero-order chi connectivity index (χ0) is 30.5. The van der Waals surface area contributed by atoms with Gasteiger partial charge in [0.2, 0.25) is 0 Å². The second-order valence-corrected chi connectivity index (χ2v) is 11.1. The molecule has 3 aromatic heterocycles. The number of aromatic nitrogens is 3. The molecule has 5 aromatic carbocycles. The third-order valence-corrected chi connectivity index (χ3v) is 8.28. The molecule has 0 atom stereocenters. The molecule has 4 heterocycles. The fourth-order valence-electron chi connectivity index (χ4n) is 6.27. The summed E-state index contributed by atoms with van der Waals surface area (Å²) < 4.78 is 11.0. The Kier molecular flexibility index (Phi) is 7.34. The van der Waals surface area contributed by atoms with Gasteiger partial charge in [-0.2, -0.15) is 12.1 Å². The number of benzene rings is 5. The zero-order valence-electron chi connectivity index (χ0n) is 25.0. The van der Waals surface area contributed by atoms with Crippen LogP contribution in [0.3, 0.4) is 0 Å². The van der Waals surface area contributed by atoms with Gasteiger partial charge in [-0.15, -0.1) is 42.7 Å². The van der Waals surface area contributed by atoms with Crippen LogP contribution in [0.25, 0.3) is 44.3 Å². The summed E-state index contributed by atoms with van der Waals surface area (Å²) in [6.45, 7) is 2.03. The van der Waals surface area contributed by atoms with Crippen molar-refractivity contribution in [2.45, 2.75) is 0 Å². The van der Waals surface area contributed by atoms with Gasteiger partial charge in [0.15, 0.2) is 0 Å². The smallest absolute Gasteiger partial charge is 0.135 e. The van der Waals surface area contributed by atoms with Crippen molar-refractivity contribution in [3.05, 3.63) is 171 Å². The molecule has 0 unspecified atom stereocenters. The first-order chi connectivity index (χ1) is 22.8. The van der Waals surface area contributed by atoms with Crippen LogP contribution in [0.2, 0.25) is 0 Å². The first kappa shape index (κ1) is 28.8. The Bertz CT molecular complexity index is 2380. The molecule has 0 N–H and O–H groups in total.